The van der Waals surface area contributed by atoms with E-state index in [1.54, 1.807) is 25.3 Å². The third-order valence-corrected chi connectivity index (χ3v) is 7.10. The van der Waals surface area contributed by atoms with Crippen LogP contribution in [0.15, 0.2) is 77.7 Å². The highest BCUT2D eigenvalue weighted by atomic mass is 32.2. The van der Waals surface area contributed by atoms with E-state index in [1.165, 1.54) is 29.2 Å². The SMILES string of the molecule is COc1ccc(NS(=O)(=O)c2ccc(N3CC(C(=O)O)CC3=O)cc2)cc1Cc1ccccc1. The Kier molecular flexibility index (Phi) is 6.56. The molecule has 0 spiro atoms. The topological polar surface area (TPSA) is 113 Å². The standard InChI is InChI=1S/C25H24N2O6S/c1-33-23-12-7-20(14-18(23)13-17-5-3-2-4-6-17)26-34(31,32)22-10-8-21(9-11-22)27-16-19(25(29)30)15-24(27)28/h2-12,14,19,26H,13,15-16H2,1H3,(H,29,30). The van der Waals surface area contributed by atoms with Crippen LogP contribution >= 0.6 is 0 Å². The molecule has 1 saturated heterocycles. The average molecular weight is 481 g/mol. The van der Waals surface area contributed by atoms with E-state index in [1.807, 2.05) is 30.3 Å². The molecule has 34 heavy (non-hydrogen) atoms. The summed E-state index contributed by atoms with van der Waals surface area (Å²) in [5.74, 6) is -1.43. The summed E-state index contributed by atoms with van der Waals surface area (Å²) in [5.41, 5.74) is 2.76. The average Bonchev–Trinajstić information content (AvgIpc) is 3.22. The summed E-state index contributed by atoms with van der Waals surface area (Å²) >= 11 is 0. The number of carbonyl (C=O) groups is 2. The number of rotatable bonds is 8. The van der Waals surface area contributed by atoms with Gasteiger partial charge in [0.2, 0.25) is 5.91 Å². The van der Waals surface area contributed by atoms with Crippen LogP contribution < -0.4 is 14.4 Å². The van der Waals surface area contributed by atoms with Crippen molar-refractivity contribution in [3.8, 4) is 5.75 Å². The Morgan fingerprint density at radius 1 is 1.09 bits per heavy atom. The zero-order valence-corrected chi connectivity index (χ0v) is 19.3. The first-order valence-corrected chi connectivity index (χ1v) is 12.1. The zero-order valence-electron chi connectivity index (χ0n) is 18.5. The van der Waals surface area contributed by atoms with Gasteiger partial charge in [-0.3, -0.25) is 14.3 Å². The second-order valence-electron chi connectivity index (χ2n) is 8.03. The number of hydrogen-bond acceptors (Lipinski definition) is 5. The smallest absolute Gasteiger partial charge is 0.308 e. The van der Waals surface area contributed by atoms with Gasteiger partial charge in [-0.1, -0.05) is 30.3 Å². The maximum atomic E-state index is 13.0. The number of nitrogens with one attached hydrogen (secondary N) is 1. The number of methoxy groups -OCH3 is 1. The first-order valence-electron chi connectivity index (χ1n) is 10.6. The fourth-order valence-electron chi connectivity index (χ4n) is 3.94. The Hall–Kier alpha value is -3.85. The van der Waals surface area contributed by atoms with Crippen molar-refractivity contribution < 1.29 is 27.9 Å². The molecule has 0 bridgehead atoms. The third-order valence-electron chi connectivity index (χ3n) is 5.70. The molecule has 9 heteroatoms. The summed E-state index contributed by atoms with van der Waals surface area (Å²) in [6.45, 7) is 0.0640. The van der Waals surface area contributed by atoms with Gasteiger partial charge in [-0.15, -0.1) is 0 Å². The Labute approximate surface area is 197 Å². The number of amides is 1. The second-order valence-corrected chi connectivity index (χ2v) is 9.71. The van der Waals surface area contributed by atoms with Gasteiger partial charge in [-0.25, -0.2) is 8.42 Å². The van der Waals surface area contributed by atoms with Crippen molar-refractivity contribution in [3.05, 3.63) is 83.9 Å². The largest absolute Gasteiger partial charge is 0.496 e. The molecular formula is C25H24N2O6S. The van der Waals surface area contributed by atoms with Crippen LogP contribution in [0.4, 0.5) is 11.4 Å². The first kappa shape index (κ1) is 23.3. The van der Waals surface area contributed by atoms with Crippen molar-refractivity contribution in [2.24, 2.45) is 5.92 Å². The van der Waals surface area contributed by atoms with Gasteiger partial charge in [-0.05, 0) is 48.0 Å². The third kappa shape index (κ3) is 5.04. The fourth-order valence-corrected chi connectivity index (χ4v) is 4.99. The number of sulfonamides is 1. The molecule has 1 heterocycles. The van der Waals surface area contributed by atoms with Crippen LogP contribution in [0, 0.1) is 5.92 Å². The molecule has 0 aliphatic carbocycles. The minimum Gasteiger partial charge on any atom is -0.496 e. The number of carbonyl (C=O) groups excluding carboxylic acids is 1. The Morgan fingerprint density at radius 3 is 2.41 bits per heavy atom. The molecule has 3 aromatic rings. The highest BCUT2D eigenvalue weighted by molar-refractivity contribution is 7.92. The summed E-state index contributed by atoms with van der Waals surface area (Å²) in [5, 5.41) is 9.15. The predicted molar refractivity (Wildman–Crippen MR) is 128 cm³/mol. The monoisotopic (exact) mass is 480 g/mol. The Bertz CT molecular complexity index is 1310. The van der Waals surface area contributed by atoms with Crippen LogP contribution in [0.5, 0.6) is 5.75 Å². The number of ether oxygens (including phenoxy) is 1. The van der Waals surface area contributed by atoms with Crippen LogP contribution in [0.25, 0.3) is 0 Å². The van der Waals surface area contributed by atoms with Gasteiger partial charge in [0.1, 0.15) is 5.75 Å². The molecule has 4 rings (SSSR count). The van der Waals surface area contributed by atoms with E-state index in [-0.39, 0.29) is 23.8 Å². The Morgan fingerprint density at radius 2 is 1.79 bits per heavy atom. The molecule has 8 nitrogen and oxygen atoms in total. The second kappa shape index (κ2) is 9.56. The van der Waals surface area contributed by atoms with Gasteiger partial charge in [0.05, 0.1) is 17.9 Å². The lowest BCUT2D eigenvalue weighted by Crippen LogP contribution is -2.25. The van der Waals surface area contributed by atoms with Crippen molar-refractivity contribution in [2.75, 3.05) is 23.3 Å². The summed E-state index contributed by atoms with van der Waals surface area (Å²) in [4.78, 5) is 24.7. The molecule has 1 aliphatic rings. The van der Waals surface area contributed by atoms with Crippen LogP contribution in [-0.2, 0) is 26.0 Å². The number of nitrogens with zero attached hydrogens (tertiary/aromatic N) is 1. The maximum absolute atomic E-state index is 13.0. The maximum Gasteiger partial charge on any atom is 0.308 e. The van der Waals surface area contributed by atoms with Crippen molar-refractivity contribution in [1.82, 2.24) is 0 Å². The molecule has 176 valence electrons. The number of carboxylic acid groups (broad SMARTS) is 1. The molecule has 0 aromatic heterocycles. The molecule has 0 saturated carbocycles. The minimum absolute atomic E-state index is 0.0260. The quantitative estimate of drug-likeness (QED) is 0.510. The number of benzene rings is 3. The first-order chi connectivity index (χ1) is 16.3. The highest BCUT2D eigenvalue weighted by Gasteiger charge is 2.35. The highest BCUT2D eigenvalue weighted by Crippen LogP contribution is 2.29. The normalized spacial score (nSPS) is 15.9. The van der Waals surface area contributed by atoms with Crippen molar-refractivity contribution >= 4 is 33.3 Å². The molecule has 1 aliphatic heterocycles. The fraction of sp³-hybridized carbons (Fsp3) is 0.200. The van der Waals surface area contributed by atoms with Crippen molar-refractivity contribution in [2.45, 2.75) is 17.7 Å². The molecule has 1 amide bonds. The summed E-state index contributed by atoms with van der Waals surface area (Å²) in [7, 11) is -2.32. The number of hydrogen-bond donors (Lipinski definition) is 2. The van der Waals surface area contributed by atoms with E-state index in [2.05, 4.69) is 4.72 Å². The van der Waals surface area contributed by atoms with E-state index < -0.39 is 21.9 Å². The summed E-state index contributed by atoms with van der Waals surface area (Å²) in [6, 6.07) is 20.7. The minimum atomic E-state index is -3.89. The van der Waals surface area contributed by atoms with Gasteiger partial charge >= 0.3 is 5.97 Å². The zero-order chi connectivity index (χ0) is 24.3. The molecule has 3 aromatic carbocycles. The van der Waals surface area contributed by atoms with Gasteiger partial charge in [0, 0.05) is 36.3 Å². The number of anilines is 2. The van der Waals surface area contributed by atoms with Crippen molar-refractivity contribution in [3.63, 3.8) is 0 Å². The van der Waals surface area contributed by atoms with E-state index in [9.17, 15) is 18.0 Å². The van der Waals surface area contributed by atoms with Crippen molar-refractivity contribution in [1.29, 1.82) is 0 Å². The predicted octanol–water partition coefficient (Wildman–Crippen LogP) is 3.52. The van der Waals surface area contributed by atoms with Crippen LogP contribution in [0.3, 0.4) is 0 Å². The number of carboxylic acids is 1. The van der Waals surface area contributed by atoms with Gasteiger partial charge in [0.15, 0.2) is 0 Å². The lowest BCUT2D eigenvalue weighted by Gasteiger charge is -2.17. The van der Waals surface area contributed by atoms with E-state index in [0.717, 1.165) is 11.1 Å². The molecule has 2 N–H and O–H groups in total. The van der Waals surface area contributed by atoms with Crippen LogP contribution in [0.2, 0.25) is 0 Å². The Balaban J connectivity index is 1.52. The van der Waals surface area contributed by atoms with E-state index in [0.29, 0.717) is 23.5 Å². The van der Waals surface area contributed by atoms with Gasteiger partial charge in [-0.2, -0.15) is 0 Å². The molecule has 1 unspecified atom stereocenters. The molecule has 1 fully saturated rings. The van der Waals surface area contributed by atoms with Crippen LogP contribution in [-0.4, -0.2) is 39.1 Å². The molecular weight excluding hydrogens is 456 g/mol. The lowest BCUT2D eigenvalue weighted by atomic mass is 10.0. The molecule has 0 radical (unpaired) electrons. The van der Waals surface area contributed by atoms with Gasteiger partial charge in [0.25, 0.3) is 10.0 Å². The van der Waals surface area contributed by atoms with E-state index >= 15 is 0 Å². The number of aliphatic carboxylic acids is 1. The summed E-state index contributed by atoms with van der Waals surface area (Å²) in [6.07, 6.45) is 0.509. The van der Waals surface area contributed by atoms with Gasteiger partial charge < -0.3 is 14.7 Å². The van der Waals surface area contributed by atoms with E-state index in [4.69, 9.17) is 9.84 Å². The van der Waals surface area contributed by atoms with Crippen LogP contribution in [0.1, 0.15) is 17.5 Å². The molecule has 1 atom stereocenters. The lowest BCUT2D eigenvalue weighted by molar-refractivity contribution is -0.141. The summed E-state index contributed by atoms with van der Waals surface area (Å²) < 4.78 is 34.0.